The molecule has 0 bridgehead atoms. The standard InChI is InChI=1S/C14H31N3O/c1-5-7-13(4)16-14(18)11-17(9-6-8-15)10-12(2)3/h12-13H,5-11,15H2,1-4H3,(H,16,18). The van der Waals surface area contributed by atoms with Crippen LogP contribution in [-0.4, -0.2) is 43.0 Å². The van der Waals surface area contributed by atoms with Gasteiger partial charge in [-0.05, 0) is 38.8 Å². The van der Waals surface area contributed by atoms with Crippen molar-refractivity contribution in [1.82, 2.24) is 10.2 Å². The van der Waals surface area contributed by atoms with Crippen LogP contribution in [0.25, 0.3) is 0 Å². The van der Waals surface area contributed by atoms with E-state index in [1.807, 2.05) is 0 Å². The predicted molar refractivity (Wildman–Crippen MR) is 77.5 cm³/mol. The van der Waals surface area contributed by atoms with E-state index in [1.165, 1.54) is 0 Å². The summed E-state index contributed by atoms with van der Waals surface area (Å²) in [5.74, 6) is 0.706. The minimum atomic E-state index is 0.133. The van der Waals surface area contributed by atoms with E-state index < -0.39 is 0 Å². The number of nitrogens with zero attached hydrogens (tertiary/aromatic N) is 1. The van der Waals surface area contributed by atoms with E-state index in [0.717, 1.165) is 32.4 Å². The molecular weight excluding hydrogens is 226 g/mol. The van der Waals surface area contributed by atoms with Gasteiger partial charge in [0.1, 0.15) is 0 Å². The molecule has 0 aliphatic carbocycles. The molecule has 0 heterocycles. The van der Waals surface area contributed by atoms with Crippen LogP contribution in [0.3, 0.4) is 0 Å². The van der Waals surface area contributed by atoms with Gasteiger partial charge in [0.05, 0.1) is 6.54 Å². The summed E-state index contributed by atoms with van der Waals surface area (Å²) in [6.07, 6.45) is 3.09. The molecule has 0 aliphatic heterocycles. The molecular formula is C14H31N3O. The van der Waals surface area contributed by atoms with Crippen LogP contribution in [0.1, 0.15) is 47.0 Å². The summed E-state index contributed by atoms with van der Waals surface area (Å²) in [5, 5.41) is 3.05. The Balaban J connectivity index is 4.08. The highest BCUT2D eigenvalue weighted by Gasteiger charge is 2.13. The number of hydrogen-bond acceptors (Lipinski definition) is 3. The highest BCUT2D eigenvalue weighted by molar-refractivity contribution is 5.78. The maximum Gasteiger partial charge on any atom is 0.234 e. The van der Waals surface area contributed by atoms with Crippen LogP contribution in [0.5, 0.6) is 0 Å². The summed E-state index contributed by atoms with van der Waals surface area (Å²) in [6.45, 7) is 11.6. The second kappa shape index (κ2) is 10.3. The minimum Gasteiger partial charge on any atom is -0.353 e. The fourth-order valence-corrected chi connectivity index (χ4v) is 2.09. The second-order valence-electron chi connectivity index (χ2n) is 5.53. The molecule has 1 atom stereocenters. The molecule has 1 unspecified atom stereocenters. The van der Waals surface area contributed by atoms with Gasteiger partial charge in [0, 0.05) is 12.6 Å². The lowest BCUT2D eigenvalue weighted by molar-refractivity contribution is -0.123. The van der Waals surface area contributed by atoms with Crippen molar-refractivity contribution in [2.75, 3.05) is 26.2 Å². The van der Waals surface area contributed by atoms with E-state index in [9.17, 15) is 4.79 Å². The summed E-state index contributed by atoms with van der Waals surface area (Å²) < 4.78 is 0. The molecule has 0 aromatic rings. The highest BCUT2D eigenvalue weighted by Crippen LogP contribution is 2.00. The van der Waals surface area contributed by atoms with E-state index in [1.54, 1.807) is 0 Å². The Hall–Kier alpha value is -0.610. The highest BCUT2D eigenvalue weighted by atomic mass is 16.2. The third kappa shape index (κ3) is 9.42. The van der Waals surface area contributed by atoms with Crippen molar-refractivity contribution in [1.29, 1.82) is 0 Å². The van der Waals surface area contributed by atoms with Crippen molar-refractivity contribution >= 4 is 5.91 Å². The summed E-state index contributed by atoms with van der Waals surface area (Å²) in [4.78, 5) is 14.1. The van der Waals surface area contributed by atoms with Gasteiger partial charge >= 0.3 is 0 Å². The maximum absolute atomic E-state index is 11.9. The van der Waals surface area contributed by atoms with Crippen molar-refractivity contribution in [3.63, 3.8) is 0 Å². The predicted octanol–water partition coefficient (Wildman–Crippen LogP) is 1.60. The largest absolute Gasteiger partial charge is 0.353 e. The van der Waals surface area contributed by atoms with Gasteiger partial charge in [-0.1, -0.05) is 27.2 Å². The molecule has 0 fully saturated rings. The molecule has 0 saturated carbocycles. The van der Waals surface area contributed by atoms with Gasteiger partial charge in [-0.2, -0.15) is 0 Å². The first-order chi connectivity index (χ1) is 8.49. The molecule has 0 radical (unpaired) electrons. The molecule has 1 amide bonds. The van der Waals surface area contributed by atoms with Gasteiger partial charge in [-0.25, -0.2) is 0 Å². The normalized spacial score (nSPS) is 13.1. The Morgan fingerprint density at radius 1 is 1.33 bits per heavy atom. The minimum absolute atomic E-state index is 0.133. The lowest BCUT2D eigenvalue weighted by Gasteiger charge is -2.24. The van der Waals surface area contributed by atoms with Gasteiger partial charge in [-0.15, -0.1) is 0 Å². The van der Waals surface area contributed by atoms with Crippen LogP contribution >= 0.6 is 0 Å². The zero-order chi connectivity index (χ0) is 14.0. The zero-order valence-electron chi connectivity index (χ0n) is 12.5. The number of rotatable bonds is 10. The fraction of sp³-hybridized carbons (Fsp3) is 0.929. The average Bonchev–Trinajstić information content (AvgIpc) is 2.25. The number of carbonyl (C=O) groups is 1. The van der Waals surface area contributed by atoms with Crippen LogP contribution in [-0.2, 0) is 4.79 Å². The lowest BCUT2D eigenvalue weighted by Crippen LogP contribution is -2.42. The van der Waals surface area contributed by atoms with Crippen molar-refractivity contribution in [2.45, 2.75) is 53.0 Å². The van der Waals surface area contributed by atoms with E-state index in [2.05, 4.69) is 37.9 Å². The van der Waals surface area contributed by atoms with E-state index in [4.69, 9.17) is 5.73 Å². The number of nitrogens with two attached hydrogens (primary N) is 1. The molecule has 0 rings (SSSR count). The SMILES string of the molecule is CCCC(C)NC(=O)CN(CCCN)CC(C)C. The maximum atomic E-state index is 11.9. The Kier molecular flexibility index (Phi) is 9.98. The molecule has 3 N–H and O–H groups in total. The molecule has 4 nitrogen and oxygen atoms in total. The summed E-state index contributed by atoms with van der Waals surface area (Å²) in [5.41, 5.74) is 5.53. The number of hydrogen-bond donors (Lipinski definition) is 2. The molecule has 0 aromatic carbocycles. The number of carbonyl (C=O) groups excluding carboxylic acids is 1. The topological polar surface area (TPSA) is 58.4 Å². The summed E-state index contributed by atoms with van der Waals surface area (Å²) in [7, 11) is 0. The number of amides is 1. The first-order valence-electron chi connectivity index (χ1n) is 7.21. The van der Waals surface area contributed by atoms with E-state index in [0.29, 0.717) is 19.0 Å². The quantitative estimate of drug-likeness (QED) is 0.625. The molecule has 18 heavy (non-hydrogen) atoms. The average molecular weight is 257 g/mol. The third-order valence-corrected chi connectivity index (χ3v) is 2.80. The van der Waals surface area contributed by atoms with Gasteiger partial charge < -0.3 is 11.1 Å². The Bertz CT molecular complexity index is 219. The van der Waals surface area contributed by atoms with Crippen molar-refractivity contribution in [3.8, 4) is 0 Å². The smallest absolute Gasteiger partial charge is 0.234 e. The first-order valence-corrected chi connectivity index (χ1v) is 7.21. The molecule has 0 aromatic heterocycles. The lowest BCUT2D eigenvalue weighted by atomic mass is 10.2. The van der Waals surface area contributed by atoms with E-state index >= 15 is 0 Å². The summed E-state index contributed by atoms with van der Waals surface area (Å²) in [6, 6.07) is 0.276. The van der Waals surface area contributed by atoms with Crippen molar-refractivity contribution in [2.24, 2.45) is 11.7 Å². The van der Waals surface area contributed by atoms with Crippen molar-refractivity contribution in [3.05, 3.63) is 0 Å². The van der Waals surface area contributed by atoms with E-state index in [-0.39, 0.29) is 11.9 Å². The van der Waals surface area contributed by atoms with Crippen LogP contribution < -0.4 is 11.1 Å². The van der Waals surface area contributed by atoms with Crippen LogP contribution in [0.2, 0.25) is 0 Å². The second-order valence-corrected chi connectivity index (χ2v) is 5.53. The zero-order valence-corrected chi connectivity index (χ0v) is 12.5. The first kappa shape index (κ1) is 17.4. The van der Waals surface area contributed by atoms with Crippen LogP contribution in [0.15, 0.2) is 0 Å². The molecule has 0 spiro atoms. The van der Waals surface area contributed by atoms with Gasteiger partial charge in [0.25, 0.3) is 0 Å². The number of nitrogens with one attached hydrogen (secondary N) is 1. The Morgan fingerprint density at radius 3 is 2.50 bits per heavy atom. The molecule has 0 saturated heterocycles. The Morgan fingerprint density at radius 2 is 2.00 bits per heavy atom. The summed E-state index contributed by atoms with van der Waals surface area (Å²) >= 11 is 0. The third-order valence-electron chi connectivity index (χ3n) is 2.80. The monoisotopic (exact) mass is 257 g/mol. The molecule has 108 valence electrons. The molecule has 4 heteroatoms. The van der Waals surface area contributed by atoms with Crippen LogP contribution in [0.4, 0.5) is 0 Å². The fourth-order valence-electron chi connectivity index (χ4n) is 2.09. The van der Waals surface area contributed by atoms with Crippen LogP contribution in [0, 0.1) is 5.92 Å². The molecule has 0 aliphatic rings. The van der Waals surface area contributed by atoms with Crippen molar-refractivity contribution < 1.29 is 4.79 Å². The van der Waals surface area contributed by atoms with Gasteiger partial charge in [-0.3, -0.25) is 9.69 Å². The Labute approximate surface area is 112 Å². The van der Waals surface area contributed by atoms with Gasteiger partial charge in [0.15, 0.2) is 0 Å². The van der Waals surface area contributed by atoms with Gasteiger partial charge in [0.2, 0.25) is 5.91 Å².